The highest BCUT2D eigenvalue weighted by Gasteiger charge is 2.49. The lowest BCUT2D eigenvalue weighted by Crippen LogP contribution is -2.36. The van der Waals surface area contributed by atoms with Gasteiger partial charge in [-0.1, -0.05) is 30.3 Å². The molecule has 0 aliphatic heterocycles. The van der Waals surface area contributed by atoms with Gasteiger partial charge in [-0.25, -0.2) is 8.78 Å². The van der Waals surface area contributed by atoms with Crippen LogP contribution in [0.1, 0.15) is 10.4 Å². The zero-order chi connectivity index (χ0) is 15.2. The minimum Gasteiger partial charge on any atom is -0.287 e. The number of carbonyl (C=O) groups excluding carboxylic acids is 1. The third kappa shape index (κ3) is 2.10. The smallest absolute Gasteiger partial charge is 0.287 e. The Bertz CT molecular complexity index is 838. The number of carbonyl (C=O) groups is 1. The first-order valence-corrected chi connectivity index (χ1v) is 6.85. The van der Waals surface area contributed by atoms with E-state index in [1.54, 1.807) is 30.3 Å². The molecule has 0 saturated heterocycles. The summed E-state index contributed by atoms with van der Waals surface area (Å²) in [6.07, 6.45) is -4.02. The summed E-state index contributed by atoms with van der Waals surface area (Å²) < 4.78 is 52.5. The van der Waals surface area contributed by atoms with E-state index in [2.05, 4.69) is 0 Å². The van der Waals surface area contributed by atoms with Crippen LogP contribution in [0.5, 0.6) is 0 Å². The van der Waals surface area contributed by atoms with Gasteiger partial charge in [0.25, 0.3) is 0 Å². The fourth-order valence-electron chi connectivity index (χ4n) is 2.20. The van der Waals surface area contributed by atoms with Gasteiger partial charge in [-0.3, -0.25) is 4.79 Å². The van der Waals surface area contributed by atoms with E-state index < -0.39 is 18.1 Å². The number of thiophene rings is 1. The highest BCUT2D eigenvalue weighted by molar-refractivity contribution is 7.26. The topological polar surface area (TPSA) is 17.1 Å². The molecule has 3 aromatic rings. The van der Waals surface area contributed by atoms with Crippen LogP contribution >= 0.6 is 11.3 Å². The molecule has 2 aromatic carbocycles. The van der Waals surface area contributed by atoms with Crippen LogP contribution in [-0.2, 0) is 0 Å². The Morgan fingerprint density at radius 2 is 1.67 bits per heavy atom. The van der Waals surface area contributed by atoms with Gasteiger partial charge in [-0.15, -0.1) is 11.3 Å². The van der Waals surface area contributed by atoms with Crippen molar-refractivity contribution in [3.05, 3.63) is 48.0 Å². The molecule has 21 heavy (non-hydrogen) atoms. The first kappa shape index (κ1) is 14.0. The number of alkyl halides is 4. The van der Waals surface area contributed by atoms with Gasteiger partial charge in [0.2, 0.25) is 5.78 Å². The molecule has 0 N–H and O–H groups in total. The molecule has 0 saturated carbocycles. The summed E-state index contributed by atoms with van der Waals surface area (Å²) in [6, 6.07) is 11.4. The number of halogens is 4. The van der Waals surface area contributed by atoms with Crippen molar-refractivity contribution in [1.82, 2.24) is 0 Å². The van der Waals surface area contributed by atoms with Crippen molar-refractivity contribution >= 4 is 37.3 Å². The van der Waals surface area contributed by atoms with Crippen LogP contribution in [0.3, 0.4) is 0 Å². The van der Waals surface area contributed by atoms with Crippen LogP contribution in [0.2, 0.25) is 0 Å². The van der Waals surface area contributed by atoms with Crippen LogP contribution in [0.15, 0.2) is 42.5 Å². The summed E-state index contributed by atoms with van der Waals surface area (Å²) in [4.78, 5) is 11.8. The lowest BCUT2D eigenvalue weighted by atomic mass is 10.0. The minimum atomic E-state index is -4.68. The summed E-state index contributed by atoms with van der Waals surface area (Å²) >= 11 is 1.15. The number of rotatable bonds is 3. The van der Waals surface area contributed by atoms with Gasteiger partial charge < -0.3 is 0 Å². The molecule has 6 heteroatoms. The van der Waals surface area contributed by atoms with Crippen LogP contribution in [0.25, 0.3) is 20.2 Å². The van der Waals surface area contributed by atoms with Gasteiger partial charge in [-0.2, -0.15) is 8.78 Å². The van der Waals surface area contributed by atoms with Crippen LogP contribution in [-0.4, -0.2) is 18.1 Å². The van der Waals surface area contributed by atoms with Gasteiger partial charge in [0.1, 0.15) is 0 Å². The lowest BCUT2D eigenvalue weighted by Gasteiger charge is -2.14. The summed E-state index contributed by atoms with van der Waals surface area (Å²) in [5.74, 6) is -6.51. The monoisotopic (exact) mass is 312 g/mol. The second kappa shape index (κ2) is 4.80. The largest absolute Gasteiger partial charge is 0.368 e. The van der Waals surface area contributed by atoms with E-state index in [4.69, 9.17) is 0 Å². The molecule has 0 fully saturated rings. The van der Waals surface area contributed by atoms with E-state index in [0.29, 0.717) is 10.1 Å². The number of ketones is 1. The van der Waals surface area contributed by atoms with E-state index >= 15 is 0 Å². The number of hydrogen-bond donors (Lipinski definition) is 0. The lowest BCUT2D eigenvalue weighted by molar-refractivity contribution is -0.0957. The molecule has 0 atom stereocenters. The van der Waals surface area contributed by atoms with Gasteiger partial charge >= 0.3 is 12.3 Å². The highest BCUT2D eigenvalue weighted by Crippen LogP contribution is 2.38. The molecule has 0 bridgehead atoms. The van der Waals surface area contributed by atoms with Gasteiger partial charge in [0, 0.05) is 25.7 Å². The predicted molar refractivity (Wildman–Crippen MR) is 74.6 cm³/mol. The Labute approximate surface area is 120 Å². The summed E-state index contributed by atoms with van der Waals surface area (Å²) in [7, 11) is 0. The van der Waals surface area contributed by atoms with Crippen LogP contribution in [0.4, 0.5) is 17.6 Å². The summed E-state index contributed by atoms with van der Waals surface area (Å²) in [6.45, 7) is 0. The van der Waals surface area contributed by atoms with Crippen LogP contribution in [0, 0.1) is 0 Å². The molecular formula is C15H8F4OS. The highest BCUT2D eigenvalue weighted by atomic mass is 32.1. The first-order chi connectivity index (χ1) is 9.93. The van der Waals surface area contributed by atoms with Crippen LogP contribution < -0.4 is 0 Å². The Morgan fingerprint density at radius 1 is 1.00 bits per heavy atom. The van der Waals surface area contributed by atoms with Crippen molar-refractivity contribution in [2.75, 3.05) is 0 Å². The van der Waals surface area contributed by atoms with E-state index in [9.17, 15) is 22.4 Å². The van der Waals surface area contributed by atoms with E-state index in [1.807, 2.05) is 0 Å². The molecular weight excluding hydrogens is 304 g/mol. The molecule has 1 heterocycles. The third-order valence-corrected chi connectivity index (χ3v) is 4.45. The fourth-order valence-corrected chi connectivity index (χ4v) is 3.42. The maximum Gasteiger partial charge on any atom is 0.368 e. The van der Waals surface area contributed by atoms with E-state index in [0.717, 1.165) is 27.5 Å². The van der Waals surface area contributed by atoms with Crippen molar-refractivity contribution in [2.24, 2.45) is 0 Å². The second-order valence-electron chi connectivity index (χ2n) is 4.53. The molecule has 1 aromatic heterocycles. The first-order valence-electron chi connectivity index (χ1n) is 6.04. The molecule has 0 aliphatic rings. The average Bonchev–Trinajstić information content (AvgIpc) is 2.84. The normalized spacial score (nSPS) is 12.4. The SMILES string of the molecule is O=C(c1cccc2c1sc1ccccc12)C(F)(F)C(F)F. The van der Waals surface area contributed by atoms with Crippen molar-refractivity contribution in [1.29, 1.82) is 0 Å². The van der Waals surface area contributed by atoms with E-state index in [-0.39, 0.29) is 5.56 Å². The summed E-state index contributed by atoms with van der Waals surface area (Å²) in [5, 5.41) is 1.43. The molecule has 0 amide bonds. The fraction of sp³-hybridized carbons (Fsp3) is 0.133. The third-order valence-electron chi connectivity index (χ3n) is 3.23. The second-order valence-corrected chi connectivity index (χ2v) is 5.59. The average molecular weight is 312 g/mol. The molecule has 108 valence electrons. The van der Waals surface area contributed by atoms with E-state index in [1.165, 1.54) is 6.07 Å². The number of fused-ring (bicyclic) bond motifs is 3. The molecule has 0 unspecified atom stereocenters. The molecule has 3 rings (SSSR count). The standard InChI is InChI=1S/C15H8F4OS/c16-14(17)15(18,19)13(20)10-6-3-5-9-8-4-1-2-7-11(8)21-12(9)10/h1-7,14H. The van der Waals surface area contributed by atoms with Gasteiger partial charge in [0.05, 0.1) is 0 Å². The zero-order valence-corrected chi connectivity index (χ0v) is 11.3. The Hall–Kier alpha value is -1.95. The molecule has 1 nitrogen and oxygen atoms in total. The number of hydrogen-bond acceptors (Lipinski definition) is 2. The van der Waals surface area contributed by atoms with Crippen molar-refractivity contribution < 1.29 is 22.4 Å². The quantitative estimate of drug-likeness (QED) is 0.483. The van der Waals surface area contributed by atoms with Crippen molar-refractivity contribution in [3.8, 4) is 0 Å². The Kier molecular flexibility index (Phi) is 3.20. The molecule has 0 spiro atoms. The zero-order valence-electron chi connectivity index (χ0n) is 10.4. The molecule has 0 radical (unpaired) electrons. The Balaban J connectivity index is 2.27. The molecule has 0 aliphatic carbocycles. The number of Topliss-reactive ketones (excluding diaryl/α,β-unsaturated/α-hetero) is 1. The Morgan fingerprint density at radius 3 is 2.38 bits per heavy atom. The van der Waals surface area contributed by atoms with Crippen molar-refractivity contribution in [3.63, 3.8) is 0 Å². The van der Waals surface area contributed by atoms with Gasteiger partial charge in [0.15, 0.2) is 0 Å². The maximum absolute atomic E-state index is 13.3. The maximum atomic E-state index is 13.3. The van der Waals surface area contributed by atoms with Gasteiger partial charge in [-0.05, 0) is 12.1 Å². The van der Waals surface area contributed by atoms with Crippen molar-refractivity contribution in [2.45, 2.75) is 12.3 Å². The summed E-state index contributed by atoms with van der Waals surface area (Å²) in [5.41, 5.74) is -0.362. The predicted octanol–water partition coefficient (Wildman–Crippen LogP) is 5.14. The minimum absolute atomic E-state index is 0.309. The number of benzene rings is 2.